The van der Waals surface area contributed by atoms with E-state index in [-0.39, 0.29) is 24.0 Å². The van der Waals surface area contributed by atoms with Gasteiger partial charge in [0.15, 0.2) is 0 Å². The van der Waals surface area contributed by atoms with Crippen molar-refractivity contribution < 1.29 is 5.11 Å². The predicted octanol–water partition coefficient (Wildman–Crippen LogP) is 2.11. The van der Waals surface area contributed by atoms with Gasteiger partial charge in [-0.3, -0.25) is 9.78 Å². The minimum absolute atomic E-state index is 0.0588. The van der Waals surface area contributed by atoms with Crippen LogP contribution in [0, 0.1) is 0 Å². The van der Waals surface area contributed by atoms with Crippen LogP contribution in [0.15, 0.2) is 53.5 Å². The average molecular weight is 320 g/mol. The van der Waals surface area contributed by atoms with Crippen LogP contribution in [0.5, 0.6) is 0 Å². The Kier molecular flexibility index (Phi) is 3.32. The number of hydrogen-bond acceptors (Lipinski definition) is 4. The van der Waals surface area contributed by atoms with Crippen LogP contribution in [-0.4, -0.2) is 26.7 Å². The summed E-state index contributed by atoms with van der Waals surface area (Å²) in [5.41, 5.74) is 7.90. The van der Waals surface area contributed by atoms with Gasteiger partial charge in [0, 0.05) is 17.7 Å². The van der Waals surface area contributed by atoms with Gasteiger partial charge in [-0.2, -0.15) is 0 Å². The maximum Gasteiger partial charge on any atom is 0.276 e. The molecular formula is C18H16N4O2. The summed E-state index contributed by atoms with van der Waals surface area (Å²) in [6.07, 6.45) is 1.71. The summed E-state index contributed by atoms with van der Waals surface area (Å²) in [5, 5.41) is 12.2. The maximum atomic E-state index is 12.0. The van der Waals surface area contributed by atoms with E-state index < -0.39 is 0 Å². The molecule has 5 N–H and O–H groups in total. The Bertz CT molecular complexity index is 1100. The molecule has 2 aromatic heterocycles. The lowest BCUT2D eigenvalue weighted by atomic mass is 9.91. The Morgan fingerprint density at radius 2 is 1.96 bits per heavy atom. The Morgan fingerprint density at radius 1 is 1.17 bits per heavy atom. The third-order valence-electron chi connectivity index (χ3n) is 4.32. The molecule has 0 bridgehead atoms. The third-order valence-corrected chi connectivity index (χ3v) is 4.32. The Balaban J connectivity index is 1.90. The van der Waals surface area contributed by atoms with Gasteiger partial charge in [0.1, 0.15) is 11.0 Å². The second-order valence-corrected chi connectivity index (χ2v) is 5.76. The third kappa shape index (κ3) is 2.24. The molecular weight excluding hydrogens is 304 g/mol. The number of nitrogen functional groups attached to an aromatic ring is 1. The van der Waals surface area contributed by atoms with Gasteiger partial charge in [-0.1, -0.05) is 42.5 Å². The summed E-state index contributed by atoms with van der Waals surface area (Å²) in [7, 11) is 0. The molecule has 0 aliphatic rings. The number of anilines is 1. The normalized spacial score (nSPS) is 12.7. The Morgan fingerprint density at radius 3 is 2.75 bits per heavy atom. The molecule has 24 heavy (non-hydrogen) atoms. The van der Waals surface area contributed by atoms with Crippen LogP contribution in [0.2, 0.25) is 0 Å². The quantitative estimate of drug-likeness (QED) is 0.463. The zero-order valence-electron chi connectivity index (χ0n) is 12.8. The number of nitrogens with zero attached hydrogens (tertiary/aromatic N) is 1. The van der Waals surface area contributed by atoms with E-state index in [9.17, 15) is 9.90 Å². The van der Waals surface area contributed by atoms with Crippen molar-refractivity contribution in [3.63, 3.8) is 0 Å². The number of nitrogens with one attached hydrogen (secondary N) is 2. The van der Waals surface area contributed by atoms with E-state index in [1.807, 2.05) is 42.5 Å². The first-order chi connectivity index (χ1) is 11.7. The smallest absolute Gasteiger partial charge is 0.276 e. The lowest BCUT2D eigenvalue weighted by molar-refractivity contribution is 0.281. The highest BCUT2D eigenvalue weighted by molar-refractivity contribution is 5.84. The fraction of sp³-hybridized carbons (Fsp3) is 0.111. The van der Waals surface area contributed by atoms with E-state index in [4.69, 9.17) is 5.73 Å². The van der Waals surface area contributed by atoms with E-state index >= 15 is 0 Å². The van der Waals surface area contributed by atoms with Gasteiger partial charge in [-0.05, 0) is 16.3 Å². The summed E-state index contributed by atoms with van der Waals surface area (Å²) in [4.78, 5) is 21.6. The summed E-state index contributed by atoms with van der Waals surface area (Å²) in [6.45, 7) is -0.0975. The molecule has 0 saturated carbocycles. The number of fused-ring (bicyclic) bond motifs is 2. The summed E-state index contributed by atoms with van der Waals surface area (Å²) in [6, 6.07) is 14.1. The van der Waals surface area contributed by atoms with Crippen LogP contribution in [-0.2, 0) is 0 Å². The molecule has 2 aromatic carbocycles. The van der Waals surface area contributed by atoms with Crippen molar-refractivity contribution in [1.82, 2.24) is 15.0 Å². The lowest BCUT2D eigenvalue weighted by Crippen LogP contribution is -2.12. The number of benzene rings is 2. The number of rotatable bonds is 3. The van der Waals surface area contributed by atoms with E-state index in [2.05, 4.69) is 15.0 Å². The molecule has 0 aliphatic carbocycles. The van der Waals surface area contributed by atoms with Crippen molar-refractivity contribution in [2.75, 3.05) is 12.3 Å². The second-order valence-electron chi connectivity index (χ2n) is 5.76. The number of aliphatic hydroxyl groups excluding tert-OH is 1. The van der Waals surface area contributed by atoms with Gasteiger partial charge >= 0.3 is 0 Å². The van der Waals surface area contributed by atoms with Crippen LogP contribution in [0.4, 0.5) is 5.95 Å². The molecule has 0 saturated heterocycles. The van der Waals surface area contributed by atoms with E-state index in [1.54, 1.807) is 6.20 Å². The molecule has 6 nitrogen and oxygen atoms in total. The Labute approximate surface area is 137 Å². The van der Waals surface area contributed by atoms with Gasteiger partial charge in [0.2, 0.25) is 5.95 Å². The van der Waals surface area contributed by atoms with Gasteiger partial charge in [0.25, 0.3) is 5.56 Å². The highest BCUT2D eigenvalue weighted by Gasteiger charge is 2.20. The van der Waals surface area contributed by atoms with Gasteiger partial charge in [-0.25, -0.2) is 4.98 Å². The van der Waals surface area contributed by atoms with Gasteiger partial charge in [-0.15, -0.1) is 0 Å². The molecule has 0 spiro atoms. The SMILES string of the molecule is Nc1nc2c(C(CO)c3ccc4ccccc4c3)c[nH]c2c(=O)[nH]1. The zero-order chi connectivity index (χ0) is 16.7. The van der Waals surface area contributed by atoms with E-state index in [0.717, 1.165) is 21.9 Å². The topological polar surface area (TPSA) is 108 Å². The van der Waals surface area contributed by atoms with Crippen molar-refractivity contribution >= 4 is 27.8 Å². The first-order valence-corrected chi connectivity index (χ1v) is 7.63. The van der Waals surface area contributed by atoms with Gasteiger partial charge < -0.3 is 15.8 Å². The van der Waals surface area contributed by atoms with Crippen molar-refractivity contribution in [3.05, 3.63) is 70.1 Å². The van der Waals surface area contributed by atoms with Crippen LogP contribution in [0.25, 0.3) is 21.8 Å². The molecule has 0 radical (unpaired) electrons. The number of hydrogen-bond donors (Lipinski definition) is 4. The largest absolute Gasteiger partial charge is 0.395 e. The van der Waals surface area contributed by atoms with E-state index in [0.29, 0.717) is 11.0 Å². The second kappa shape index (κ2) is 5.50. The van der Waals surface area contributed by atoms with Crippen LogP contribution in [0.3, 0.4) is 0 Å². The van der Waals surface area contributed by atoms with Crippen LogP contribution in [0.1, 0.15) is 17.0 Å². The Hall–Kier alpha value is -3.12. The molecule has 6 heteroatoms. The van der Waals surface area contributed by atoms with Crippen LogP contribution < -0.4 is 11.3 Å². The fourth-order valence-corrected chi connectivity index (χ4v) is 3.13. The van der Waals surface area contributed by atoms with Crippen LogP contribution >= 0.6 is 0 Å². The fourth-order valence-electron chi connectivity index (χ4n) is 3.13. The molecule has 4 rings (SSSR count). The first kappa shape index (κ1) is 14.5. The molecule has 1 atom stereocenters. The summed E-state index contributed by atoms with van der Waals surface area (Å²) >= 11 is 0. The van der Waals surface area contributed by atoms with E-state index in [1.165, 1.54) is 0 Å². The number of nitrogens with two attached hydrogens (primary N) is 1. The molecule has 2 heterocycles. The highest BCUT2D eigenvalue weighted by atomic mass is 16.3. The minimum atomic E-state index is -0.320. The van der Waals surface area contributed by atoms with Crippen molar-refractivity contribution in [2.45, 2.75) is 5.92 Å². The summed E-state index contributed by atoms with van der Waals surface area (Å²) < 4.78 is 0. The average Bonchev–Trinajstić information content (AvgIpc) is 2.99. The summed E-state index contributed by atoms with van der Waals surface area (Å²) in [5.74, 6) is -0.236. The lowest BCUT2D eigenvalue weighted by Gasteiger charge is -2.14. The monoisotopic (exact) mass is 320 g/mol. The van der Waals surface area contributed by atoms with Crippen molar-refractivity contribution in [3.8, 4) is 0 Å². The number of aromatic amines is 2. The molecule has 0 amide bonds. The van der Waals surface area contributed by atoms with Gasteiger partial charge in [0.05, 0.1) is 6.61 Å². The number of aromatic nitrogens is 3. The standard InChI is InChI=1S/C18H16N4O2/c19-18-21-15-13(8-20-16(15)17(24)22-18)14(9-23)12-6-5-10-3-1-2-4-11(10)7-12/h1-8,14,20,23H,9H2,(H3,19,21,22,24). The molecule has 120 valence electrons. The maximum absolute atomic E-state index is 12.0. The number of aliphatic hydroxyl groups is 1. The zero-order valence-corrected chi connectivity index (χ0v) is 12.8. The minimum Gasteiger partial charge on any atom is -0.395 e. The van der Waals surface area contributed by atoms with Crippen molar-refractivity contribution in [1.29, 1.82) is 0 Å². The highest BCUT2D eigenvalue weighted by Crippen LogP contribution is 2.30. The number of H-pyrrole nitrogens is 2. The predicted molar refractivity (Wildman–Crippen MR) is 94.0 cm³/mol. The molecule has 4 aromatic rings. The first-order valence-electron chi connectivity index (χ1n) is 7.63. The molecule has 1 unspecified atom stereocenters. The molecule has 0 fully saturated rings. The molecule has 0 aliphatic heterocycles. The van der Waals surface area contributed by atoms with Crippen molar-refractivity contribution in [2.24, 2.45) is 0 Å².